The van der Waals surface area contributed by atoms with E-state index < -0.39 is 21.2 Å². The van der Waals surface area contributed by atoms with E-state index in [2.05, 4.69) is 0 Å². The summed E-state index contributed by atoms with van der Waals surface area (Å²) in [5, 5.41) is 22.7. The number of nitro benzene ring substituents is 2. The minimum absolute atomic E-state index is 0.0549. The molecule has 0 amide bonds. The Hall–Kier alpha value is -3.94. The number of benzene rings is 3. The molecule has 3 aromatic carbocycles. The van der Waals surface area contributed by atoms with Crippen molar-refractivity contribution in [3.05, 3.63) is 104 Å². The smallest absolute Gasteiger partial charge is 0.321 e. The molecule has 3 rings (SSSR count). The van der Waals surface area contributed by atoms with Gasteiger partial charge in [-0.3, -0.25) is 20.2 Å². The first-order chi connectivity index (χ1) is 13.5. The Bertz CT molecular complexity index is 977. The topological polar surface area (TPSA) is 105 Å². The second-order valence-corrected chi connectivity index (χ2v) is 5.85. The van der Waals surface area contributed by atoms with Gasteiger partial charge in [-0.1, -0.05) is 60.7 Å². The molecule has 0 bridgehead atoms. The number of nitro groups is 2. The Labute approximate surface area is 160 Å². The summed E-state index contributed by atoms with van der Waals surface area (Å²) in [6.45, 7) is 0.141. The van der Waals surface area contributed by atoms with Crippen molar-refractivity contribution in [1.29, 1.82) is 0 Å². The molecule has 8 nitrogen and oxygen atoms in total. The van der Waals surface area contributed by atoms with Gasteiger partial charge in [-0.15, -0.1) is 0 Å². The Morgan fingerprint density at radius 1 is 0.714 bits per heavy atom. The van der Waals surface area contributed by atoms with Crippen LogP contribution in [0.3, 0.4) is 0 Å². The van der Waals surface area contributed by atoms with E-state index in [4.69, 9.17) is 9.47 Å². The predicted octanol–water partition coefficient (Wildman–Crippen LogP) is 4.66. The summed E-state index contributed by atoms with van der Waals surface area (Å²) in [4.78, 5) is 21.2. The highest BCUT2D eigenvalue weighted by Crippen LogP contribution is 2.41. The number of hydrogen-bond donors (Lipinski definition) is 0. The molecule has 0 N–H and O–H groups in total. The molecule has 8 heteroatoms. The van der Waals surface area contributed by atoms with E-state index in [1.54, 1.807) is 0 Å². The first-order valence-electron chi connectivity index (χ1n) is 8.35. The van der Waals surface area contributed by atoms with Crippen LogP contribution < -0.4 is 9.47 Å². The predicted molar refractivity (Wildman–Crippen MR) is 101 cm³/mol. The van der Waals surface area contributed by atoms with E-state index in [0.29, 0.717) is 0 Å². The molecule has 0 heterocycles. The highest BCUT2D eigenvalue weighted by molar-refractivity contribution is 5.62. The first kappa shape index (κ1) is 18.8. The number of non-ortho nitro benzene ring substituents is 1. The molecule has 0 unspecified atom stereocenters. The Morgan fingerprint density at radius 3 is 1.75 bits per heavy atom. The lowest BCUT2D eigenvalue weighted by Gasteiger charge is -2.13. The van der Waals surface area contributed by atoms with Gasteiger partial charge in [0.1, 0.15) is 13.2 Å². The quantitative estimate of drug-likeness (QED) is 0.416. The third-order valence-corrected chi connectivity index (χ3v) is 3.89. The average molecular weight is 380 g/mol. The normalized spacial score (nSPS) is 10.3. The number of nitrogens with zero attached hydrogens (tertiary/aromatic N) is 2. The summed E-state index contributed by atoms with van der Waals surface area (Å²) >= 11 is 0. The zero-order valence-corrected chi connectivity index (χ0v) is 14.7. The third kappa shape index (κ3) is 4.61. The first-order valence-corrected chi connectivity index (χ1v) is 8.35. The van der Waals surface area contributed by atoms with Crippen LogP contribution in [-0.2, 0) is 13.2 Å². The molecule has 28 heavy (non-hydrogen) atoms. The van der Waals surface area contributed by atoms with Crippen molar-refractivity contribution in [3.63, 3.8) is 0 Å². The highest BCUT2D eigenvalue weighted by atomic mass is 16.6. The molecular weight excluding hydrogens is 364 g/mol. The molecule has 0 spiro atoms. The summed E-state index contributed by atoms with van der Waals surface area (Å²) in [5.74, 6) is -0.198. The summed E-state index contributed by atoms with van der Waals surface area (Å²) in [6, 6.07) is 20.2. The molecule has 0 aliphatic heterocycles. The van der Waals surface area contributed by atoms with Gasteiger partial charge in [-0.2, -0.15) is 0 Å². The van der Waals surface area contributed by atoms with Crippen molar-refractivity contribution < 1.29 is 19.3 Å². The van der Waals surface area contributed by atoms with Gasteiger partial charge in [-0.25, -0.2) is 0 Å². The van der Waals surface area contributed by atoms with E-state index in [1.165, 1.54) is 0 Å². The minimum atomic E-state index is -0.720. The molecule has 3 aromatic rings. The maximum atomic E-state index is 11.5. The summed E-state index contributed by atoms with van der Waals surface area (Å²) in [6.07, 6.45) is 0. The molecule has 0 aliphatic carbocycles. The molecule has 0 saturated carbocycles. The summed E-state index contributed by atoms with van der Waals surface area (Å²) < 4.78 is 11.3. The van der Waals surface area contributed by atoms with Gasteiger partial charge >= 0.3 is 5.69 Å². The van der Waals surface area contributed by atoms with Gasteiger partial charge in [0.15, 0.2) is 5.75 Å². The Balaban J connectivity index is 1.95. The van der Waals surface area contributed by atoms with Crippen LogP contribution in [-0.4, -0.2) is 9.85 Å². The molecule has 0 fully saturated rings. The molecule has 0 radical (unpaired) electrons. The van der Waals surface area contributed by atoms with E-state index >= 15 is 0 Å². The van der Waals surface area contributed by atoms with Gasteiger partial charge in [0, 0.05) is 0 Å². The minimum Gasteiger partial charge on any atom is -0.484 e. The fraction of sp³-hybridized carbons (Fsp3) is 0.100. The largest absolute Gasteiger partial charge is 0.484 e. The lowest BCUT2D eigenvalue weighted by atomic mass is 10.2. The number of hydrogen-bond acceptors (Lipinski definition) is 6. The van der Waals surface area contributed by atoms with Gasteiger partial charge < -0.3 is 9.47 Å². The summed E-state index contributed by atoms with van der Waals surface area (Å²) in [5.41, 5.74) is 0.643. The SMILES string of the molecule is O=[N+]([O-])c1cc(OCc2ccccc2)c(OCc2ccccc2)c([N+](=O)[O-])c1. The van der Waals surface area contributed by atoms with Gasteiger partial charge in [0.2, 0.25) is 5.75 Å². The maximum absolute atomic E-state index is 11.5. The van der Waals surface area contributed by atoms with Crippen LogP contribution >= 0.6 is 0 Å². The highest BCUT2D eigenvalue weighted by Gasteiger charge is 2.27. The van der Waals surface area contributed by atoms with Crippen LogP contribution in [0.25, 0.3) is 0 Å². The zero-order chi connectivity index (χ0) is 19.9. The van der Waals surface area contributed by atoms with Crippen molar-refractivity contribution in [3.8, 4) is 11.5 Å². The van der Waals surface area contributed by atoms with Crippen molar-refractivity contribution in [2.75, 3.05) is 0 Å². The molecule has 0 atom stereocenters. The van der Waals surface area contributed by atoms with Crippen LogP contribution in [0.1, 0.15) is 11.1 Å². The van der Waals surface area contributed by atoms with E-state index in [0.717, 1.165) is 23.3 Å². The van der Waals surface area contributed by atoms with Crippen molar-refractivity contribution >= 4 is 11.4 Å². The van der Waals surface area contributed by atoms with Crippen LogP contribution in [0.15, 0.2) is 72.8 Å². The van der Waals surface area contributed by atoms with E-state index in [9.17, 15) is 20.2 Å². The lowest BCUT2D eigenvalue weighted by Crippen LogP contribution is -2.04. The van der Waals surface area contributed by atoms with Crippen LogP contribution in [0.5, 0.6) is 11.5 Å². The number of rotatable bonds is 8. The molecule has 142 valence electrons. The van der Waals surface area contributed by atoms with Crippen molar-refractivity contribution in [2.45, 2.75) is 13.2 Å². The lowest BCUT2D eigenvalue weighted by molar-refractivity contribution is -0.394. The molecule has 0 saturated heterocycles. The molecular formula is C20H16N2O6. The van der Waals surface area contributed by atoms with Gasteiger partial charge in [0.05, 0.1) is 22.0 Å². The number of ether oxygens (including phenoxy) is 2. The second kappa shape index (κ2) is 8.63. The average Bonchev–Trinajstić information content (AvgIpc) is 2.71. The van der Waals surface area contributed by atoms with Crippen LogP contribution in [0.4, 0.5) is 11.4 Å². The zero-order valence-electron chi connectivity index (χ0n) is 14.7. The monoisotopic (exact) mass is 380 g/mol. The van der Waals surface area contributed by atoms with Crippen LogP contribution in [0.2, 0.25) is 0 Å². The van der Waals surface area contributed by atoms with Gasteiger partial charge in [-0.05, 0) is 11.1 Å². The fourth-order valence-corrected chi connectivity index (χ4v) is 2.53. The van der Waals surface area contributed by atoms with E-state index in [1.807, 2.05) is 60.7 Å². The van der Waals surface area contributed by atoms with E-state index in [-0.39, 0.29) is 24.7 Å². The fourth-order valence-electron chi connectivity index (χ4n) is 2.53. The second-order valence-electron chi connectivity index (χ2n) is 5.85. The molecule has 0 aliphatic rings. The third-order valence-electron chi connectivity index (χ3n) is 3.89. The van der Waals surface area contributed by atoms with Crippen LogP contribution in [0, 0.1) is 20.2 Å². The summed E-state index contributed by atoms with van der Waals surface area (Å²) in [7, 11) is 0. The standard InChI is InChI=1S/C20H16N2O6/c23-21(24)17-11-18(22(25)26)20(28-14-16-9-5-2-6-10-16)19(12-17)27-13-15-7-3-1-4-8-15/h1-12H,13-14H2. The molecule has 0 aromatic heterocycles. The van der Waals surface area contributed by atoms with Crippen molar-refractivity contribution in [1.82, 2.24) is 0 Å². The Kier molecular flexibility index (Phi) is 5.81. The van der Waals surface area contributed by atoms with Gasteiger partial charge in [0.25, 0.3) is 5.69 Å². The maximum Gasteiger partial charge on any atom is 0.321 e. The van der Waals surface area contributed by atoms with Crippen molar-refractivity contribution in [2.24, 2.45) is 0 Å². The Morgan fingerprint density at radius 2 is 1.25 bits per heavy atom.